The van der Waals surface area contributed by atoms with E-state index in [0.717, 1.165) is 6.42 Å². The minimum absolute atomic E-state index is 0.0780. The quantitative estimate of drug-likeness (QED) is 0.361. The molecule has 0 bridgehead atoms. The zero-order chi connectivity index (χ0) is 9.45. The van der Waals surface area contributed by atoms with Crippen LogP contribution in [0.3, 0.4) is 0 Å². The lowest BCUT2D eigenvalue weighted by Crippen LogP contribution is -2.27. The van der Waals surface area contributed by atoms with Crippen LogP contribution in [-0.2, 0) is 19.6 Å². The highest BCUT2D eigenvalue weighted by Gasteiger charge is 2.07. The Morgan fingerprint density at radius 2 is 2.08 bits per heavy atom. The van der Waals surface area contributed by atoms with Gasteiger partial charge in [0, 0.05) is 7.11 Å². The monoisotopic (exact) mass is 197 g/mol. The van der Waals surface area contributed by atoms with Crippen LogP contribution in [-0.4, -0.2) is 28.1 Å². The zero-order valence-corrected chi connectivity index (χ0v) is 8.19. The number of hydrogen-bond donors (Lipinski definition) is 1. The summed E-state index contributed by atoms with van der Waals surface area (Å²) in [6, 6.07) is 0. The maximum atomic E-state index is 11.0. The number of nitrogens with one attached hydrogen (secondary N) is 1. The summed E-state index contributed by atoms with van der Waals surface area (Å²) in [5.74, 6) is 0.0905. The van der Waals surface area contributed by atoms with Crippen molar-refractivity contribution in [1.29, 1.82) is 0 Å². The van der Waals surface area contributed by atoms with Crippen LogP contribution in [0.2, 0.25) is 0 Å². The van der Waals surface area contributed by atoms with Crippen LogP contribution >= 0.6 is 0 Å². The summed E-state index contributed by atoms with van der Waals surface area (Å²) in [4.78, 5) is 6.43. The molecule has 0 atom stereocenters. The molecule has 0 aliphatic carbocycles. The average Bonchev–Trinajstić information content (AvgIpc) is 2.01. The van der Waals surface area contributed by atoms with E-state index in [2.05, 4.69) is 9.57 Å². The molecule has 6 heteroatoms. The maximum Gasteiger partial charge on any atom is 0.233 e. The molecule has 12 heavy (non-hydrogen) atoms. The van der Waals surface area contributed by atoms with Gasteiger partial charge in [-0.05, 0) is 6.42 Å². The molecule has 0 aliphatic heterocycles. The first kappa shape index (κ1) is 11.8. The molecule has 0 amide bonds. The zero-order valence-electron chi connectivity index (χ0n) is 7.37. The molecule has 0 heterocycles. The summed E-state index contributed by atoms with van der Waals surface area (Å²) in [5.41, 5.74) is 0. The SMILES string of the molecule is CCCCS(=O)(=O)NOCOC. The lowest BCUT2D eigenvalue weighted by atomic mass is 10.4. The molecule has 0 aromatic rings. The summed E-state index contributed by atoms with van der Waals surface area (Å²) >= 11 is 0. The fourth-order valence-corrected chi connectivity index (χ4v) is 1.53. The van der Waals surface area contributed by atoms with Gasteiger partial charge < -0.3 is 4.74 Å². The van der Waals surface area contributed by atoms with E-state index in [0.29, 0.717) is 6.42 Å². The van der Waals surface area contributed by atoms with Gasteiger partial charge in [-0.2, -0.15) is 0 Å². The van der Waals surface area contributed by atoms with Crippen molar-refractivity contribution in [2.75, 3.05) is 19.7 Å². The molecule has 0 aromatic carbocycles. The van der Waals surface area contributed by atoms with E-state index in [1.54, 1.807) is 0 Å². The van der Waals surface area contributed by atoms with E-state index in [9.17, 15) is 8.42 Å². The van der Waals surface area contributed by atoms with Gasteiger partial charge in [-0.25, -0.2) is 8.42 Å². The van der Waals surface area contributed by atoms with Crippen LogP contribution in [0.4, 0.5) is 0 Å². The van der Waals surface area contributed by atoms with Gasteiger partial charge >= 0.3 is 0 Å². The number of hydrogen-bond acceptors (Lipinski definition) is 4. The van der Waals surface area contributed by atoms with Crippen LogP contribution < -0.4 is 4.89 Å². The molecular weight excluding hydrogens is 182 g/mol. The third-order valence-corrected chi connectivity index (χ3v) is 2.33. The predicted molar refractivity (Wildman–Crippen MR) is 44.8 cm³/mol. The summed E-state index contributed by atoms with van der Waals surface area (Å²) in [6.07, 6.45) is 1.47. The molecule has 0 saturated heterocycles. The molecule has 1 N–H and O–H groups in total. The summed E-state index contributed by atoms with van der Waals surface area (Å²) < 4.78 is 26.4. The van der Waals surface area contributed by atoms with Gasteiger partial charge in [0.1, 0.15) is 0 Å². The third kappa shape index (κ3) is 6.53. The fourth-order valence-electron chi connectivity index (χ4n) is 0.549. The van der Waals surface area contributed by atoms with Gasteiger partial charge in [-0.3, -0.25) is 4.84 Å². The van der Waals surface area contributed by atoms with Crippen LogP contribution in [0.1, 0.15) is 19.8 Å². The molecule has 0 unspecified atom stereocenters. The average molecular weight is 197 g/mol. The van der Waals surface area contributed by atoms with Crippen molar-refractivity contribution >= 4 is 10.0 Å². The van der Waals surface area contributed by atoms with Crippen molar-refractivity contribution in [2.45, 2.75) is 19.8 Å². The largest absolute Gasteiger partial charge is 0.357 e. The molecule has 0 spiro atoms. The number of rotatable bonds is 7. The van der Waals surface area contributed by atoms with Gasteiger partial charge in [0.25, 0.3) is 0 Å². The lowest BCUT2D eigenvalue weighted by Gasteiger charge is -2.04. The van der Waals surface area contributed by atoms with E-state index in [-0.39, 0.29) is 12.5 Å². The lowest BCUT2D eigenvalue weighted by molar-refractivity contribution is -0.0540. The Kier molecular flexibility index (Phi) is 6.27. The maximum absolute atomic E-state index is 11.0. The number of sulfonamides is 1. The molecule has 0 aromatic heterocycles. The standard InChI is InChI=1S/C6H15NO4S/c1-3-4-5-12(8,9)7-11-6-10-2/h7H,3-6H2,1-2H3. The van der Waals surface area contributed by atoms with Crippen molar-refractivity contribution in [1.82, 2.24) is 4.89 Å². The second-order valence-electron chi connectivity index (χ2n) is 2.31. The van der Waals surface area contributed by atoms with Crippen molar-refractivity contribution in [3.05, 3.63) is 0 Å². The van der Waals surface area contributed by atoms with Crippen LogP contribution in [0.25, 0.3) is 0 Å². The van der Waals surface area contributed by atoms with Crippen LogP contribution in [0.15, 0.2) is 0 Å². The van der Waals surface area contributed by atoms with Gasteiger partial charge in [0.2, 0.25) is 10.0 Å². The van der Waals surface area contributed by atoms with Gasteiger partial charge in [0.05, 0.1) is 5.75 Å². The summed E-state index contributed by atoms with van der Waals surface area (Å²) in [5, 5.41) is 0. The normalized spacial score (nSPS) is 11.8. The van der Waals surface area contributed by atoms with E-state index in [4.69, 9.17) is 0 Å². The van der Waals surface area contributed by atoms with Crippen molar-refractivity contribution in [2.24, 2.45) is 0 Å². The third-order valence-electron chi connectivity index (χ3n) is 1.13. The van der Waals surface area contributed by atoms with Crippen molar-refractivity contribution in [3.63, 3.8) is 0 Å². The highest BCUT2D eigenvalue weighted by Crippen LogP contribution is 1.92. The Balaban J connectivity index is 3.58. The second-order valence-corrected chi connectivity index (χ2v) is 4.11. The minimum atomic E-state index is -3.27. The van der Waals surface area contributed by atoms with Crippen molar-refractivity contribution < 1.29 is 18.0 Å². The Morgan fingerprint density at radius 3 is 2.58 bits per heavy atom. The van der Waals surface area contributed by atoms with Crippen LogP contribution in [0.5, 0.6) is 0 Å². The van der Waals surface area contributed by atoms with E-state index in [1.807, 2.05) is 11.8 Å². The van der Waals surface area contributed by atoms with E-state index >= 15 is 0 Å². The first-order valence-electron chi connectivity index (χ1n) is 3.72. The first-order chi connectivity index (χ1) is 5.62. The van der Waals surface area contributed by atoms with E-state index < -0.39 is 10.0 Å². The molecular formula is C6H15NO4S. The second kappa shape index (κ2) is 6.36. The van der Waals surface area contributed by atoms with Gasteiger partial charge in [0.15, 0.2) is 6.79 Å². The number of methoxy groups -OCH3 is 1. The first-order valence-corrected chi connectivity index (χ1v) is 5.38. The number of unbranched alkanes of at least 4 members (excludes halogenated alkanes) is 1. The highest BCUT2D eigenvalue weighted by molar-refractivity contribution is 7.89. The fraction of sp³-hybridized carbons (Fsp3) is 1.00. The Hall–Kier alpha value is -0.170. The summed E-state index contributed by atoms with van der Waals surface area (Å²) in [6.45, 7) is 1.84. The van der Waals surface area contributed by atoms with Gasteiger partial charge in [-0.1, -0.05) is 18.2 Å². The summed E-state index contributed by atoms with van der Waals surface area (Å²) in [7, 11) is -1.85. The highest BCUT2D eigenvalue weighted by atomic mass is 32.2. The Bertz CT molecular complexity index is 190. The Labute approximate surface area is 73.1 Å². The predicted octanol–water partition coefficient (Wildman–Crippen LogP) is 0.241. The molecule has 0 rings (SSSR count). The van der Waals surface area contributed by atoms with Gasteiger partial charge in [-0.15, -0.1) is 0 Å². The molecule has 5 nitrogen and oxygen atoms in total. The topological polar surface area (TPSA) is 64.6 Å². The van der Waals surface area contributed by atoms with E-state index in [1.165, 1.54) is 7.11 Å². The molecule has 0 saturated carbocycles. The van der Waals surface area contributed by atoms with Crippen molar-refractivity contribution in [3.8, 4) is 0 Å². The molecule has 0 aliphatic rings. The molecule has 0 radical (unpaired) electrons. The number of ether oxygens (including phenoxy) is 1. The minimum Gasteiger partial charge on any atom is -0.357 e. The molecule has 74 valence electrons. The van der Waals surface area contributed by atoms with Crippen LogP contribution in [0, 0.1) is 0 Å². The smallest absolute Gasteiger partial charge is 0.233 e. The Morgan fingerprint density at radius 1 is 1.42 bits per heavy atom. The molecule has 0 fully saturated rings.